The van der Waals surface area contributed by atoms with Crippen molar-refractivity contribution in [1.29, 1.82) is 0 Å². The summed E-state index contributed by atoms with van der Waals surface area (Å²) in [7, 11) is 1.72. The lowest BCUT2D eigenvalue weighted by molar-refractivity contribution is 0.0946. The Morgan fingerprint density at radius 1 is 1.45 bits per heavy atom. The molecule has 2 rings (SSSR count). The monoisotopic (exact) mass is 296 g/mol. The van der Waals surface area contributed by atoms with Gasteiger partial charge < -0.3 is 15.0 Å². The maximum absolute atomic E-state index is 12.0. The van der Waals surface area contributed by atoms with Crippen LogP contribution >= 0.6 is 11.6 Å². The fourth-order valence-electron chi connectivity index (χ4n) is 2.44. The lowest BCUT2D eigenvalue weighted by Crippen LogP contribution is -2.31. The van der Waals surface area contributed by atoms with Crippen molar-refractivity contribution in [2.75, 3.05) is 39.9 Å². The topological polar surface area (TPSA) is 41.6 Å². The van der Waals surface area contributed by atoms with E-state index < -0.39 is 0 Å². The van der Waals surface area contributed by atoms with Gasteiger partial charge in [0.05, 0.1) is 6.61 Å². The van der Waals surface area contributed by atoms with Gasteiger partial charge in [-0.2, -0.15) is 0 Å². The maximum Gasteiger partial charge on any atom is 0.251 e. The Balaban J connectivity index is 1.73. The van der Waals surface area contributed by atoms with E-state index in [0.717, 1.165) is 39.2 Å². The van der Waals surface area contributed by atoms with Crippen LogP contribution in [0, 0.1) is 5.92 Å². The van der Waals surface area contributed by atoms with Gasteiger partial charge in [0, 0.05) is 37.3 Å². The van der Waals surface area contributed by atoms with Gasteiger partial charge in [0.25, 0.3) is 5.91 Å². The molecular weight excluding hydrogens is 276 g/mol. The Hall–Kier alpha value is -1.10. The molecule has 1 aliphatic heterocycles. The predicted molar refractivity (Wildman–Crippen MR) is 80.2 cm³/mol. The van der Waals surface area contributed by atoms with Crippen molar-refractivity contribution in [1.82, 2.24) is 10.2 Å². The van der Waals surface area contributed by atoms with E-state index in [0.29, 0.717) is 16.5 Å². The average molecular weight is 297 g/mol. The molecule has 0 bridgehead atoms. The van der Waals surface area contributed by atoms with Crippen molar-refractivity contribution < 1.29 is 9.53 Å². The number of nitrogens with one attached hydrogen (secondary N) is 1. The molecule has 1 saturated heterocycles. The summed E-state index contributed by atoms with van der Waals surface area (Å²) >= 11 is 5.81. The van der Waals surface area contributed by atoms with E-state index in [9.17, 15) is 4.79 Å². The third-order valence-electron chi connectivity index (χ3n) is 3.64. The summed E-state index contributed by atoms with van der Waals surface area (Å²) in [6.07, 6.45) is 1.13. The van der Waals surface area contributed by atoms with E-state index >= 15 is 0 Å². The summed E-state index contributed by atoms with van der Waals surface area (Å²) < 4.78 is 5.08. The molecule has 1 aromatic rings. The van der Waals surface area contributed by atoms with Gasteiger partial charge in [-0.25, -0.2) is 0 Å². The van der Waals surface area contributed by atoms with Gasteiger partial charge in [-0.05, 0) is 43.1 Å². The van der Waals surface area contributed by atoms with Crippen molar-refractivity contribution in [3.05, 3.63) is 34.9 Å². The first-order valence-electron chi connectivity index (χ1n) is 6.94. The van der Waals surface area contributed by atoms with Gasteiger partial charge in [-0.3, -0.25) is 4.79 Å². The number of carbonyl (C=O) groups is 1. The summed E-state index contributed by atoms with van der Waals surface area (Å²) in [4.78, 5) is 14.4. The molecular formula is C15H21ClN2O2. The molecule has 110 valence electrons. The number of nitrogens with zero attached hydrogens (tertiary/aromatic N) is 1. The van der Waals surface area contributed by atoms with Crippen LogP contribution in [0.5, 0.6) is 0 Å². The minimum atomic E-state index is -0.0305. The zero-order valence-electron chi connectivity index (χ0n) is 11.8. The van der Waals surface area contributed by atoms with Gasteiger partial charge in [0.2, 0.25) is 0 Å². The van der Waals surface area contributed by atoms with Gasteiger partial charge in [0.15, 0.2) is 0 Å². The Morgan fingerprint density at radius 3 is 2.90 bits per heavy atom. The highest BCUT2D eigenvalue weighted by molar-refractivity contribution is 6.30. The number of hydrogen-bond donors (Lipinski definition) is 1. The highest BCUT2D eigenvalue weighted by atomic mass is 35.5. The van der Waals surface area contributed by atoms with Gasteiger partial charge in [0.1, 0.15) is 0 Å². The Kier molecular flexibility index (Phi) is 5.83. The quantitative estimate of drug-likeness (QED) is 0.873. The van der Waals surface area contributed by atoms with Crippen LogP contribution in [0.2, 0.25) is 5.02 Å². The molecule has 0 aliphatic carbocycles. The predicted octanol–water partition coefficient (Wildman–Crippen LogP) is 2.04. The molecule has 5 heteroatoms. The Morgan fingerprint density at radius 2 is 2.20 bits per heavy atom. The number of amides is 1. The molecule has 0 radical (unpaired) electrons. The summed E-state index contributed by atoms with van der Waals surface area (Å²) in [5.74, 6) is 0.500. The zero-order valence-corrected chi connectivity index (χ0v) is 12.5. The molecule has 4 nitrogen and oxygen atoms in total. The van der Waals surface area contributed by atoms with E-state index in [2.05, 4.69) is 10.2 Å². The molecule has 1 heterocycles. The molecule has 1 atom stereocenters. The van der Waals surface area contributed by atoms with Gasteiger partial charge in [-0.15, -0.1) is 0 Å². The lowest BCUT2D eigenvalue weighted by Gasteiger charge is -2.15. The Labute approximate surface area is 125 Å². The van der Waals surface area contributed by atoms with Gasteiger partial charge in [-0.1, -0.05) is 11.6 Å². The first kappa shape index (κ1) is 15.3. The van der Waals surface area contributed by atoms with Crippen molar-refractivity contribution in [2.24, 2.45) is 5.92 Å². The highest BCUT2D eigenvalue weighted by Crippen LogP contribution is 2.15. The Bertz CT molecular complexity index is 436. The molecule has 1 fully saturated rings. The van der Waals surface area contributed by atoms with E-state index in [1.807, 2.05) is 0 Å². The number of rotatable bonds is 6. The van der Waals surface area contributed by atoms with Crippen LogP contribution in [0.4, 0.5) is 0 Å². The van der Waals surface area contributed by atoms with Crippen LogP contribution in [0.3, 0.4) is 0 Å². The molecule has 0 spiro atoms. The molecule has 0 unspecified atom stereocenters. The molecule has 1 aromatic carbocycles. The summed E-state index contributed by atoms with van der Waals surface area (Å²) in [6, 6.07) is 6.96. The molecule has 1 amide bonds. The van der Waals surface area contributed by atoms with E-state index in [1.54, 1.807) is 31.4 Å². The zero-order chi connectivity index (χ0) is 14.4. The third kappa shape index (κ3) is 4.47. The number of hydrogen-bond acceptors (Lipinski definition) is 3. The minimum Gasteiger partial charge on any atom is -0.383 e. The standard InChI is InChI=1S/C15H21ClN2O2/c1-20-9-8-18-7-6-12(11-18)10-17-15(19)13-2-4-14(16)5-3-13/h2-5,12H,6-11H2,1H3,(H,17,19)/t12-/m1/s1. The second-order valence-corrected chi connectivity index (χ2v) is 5.60. The molecule has 1 N–H and O–H groups in total. The third-order valence-corrected chi connectivity index (χ3v) is 3.89. The SMILES string of the molecule is COCCN1CC[C@H](CNC(=O)c2ccc(Cl)cc2)C1. The van der Waals surface area contributed by atoms with Crippen molar-refractivity contribution in [3.8, 4) is 0 Å². The van der Waals surface area contributed by atoms with Crippen LogP contribution in [0.15, 0.2) is 24.3 Å². The fourth-order valence-corrected chi connectivity index (χ4v) is 2.57. The average Bonchev–Trinajstić information content (AvgIpc) is 2.91. The van der Waals surface area contributed by atoms with Crippen LogP contribution in [-0.4, -0.2) is 50.7 Å². The minimum absolute atomic E-state index is 0.0305. The smallest absolute Gasteiger partial charge is 0.251 e. The van der Waals surface area contributed by atoms with Gasteiger partial charge >= 0.3 is 0 Å². The first-order valence-corrected chi connectivity index (χ1v) is 7.32. The van der Waals surface area contributed by atoms with E-state index in [4.69, 9.17) is 16.3 Å². The van der Waals surface area contributed by atoms with E-state index in [-0.39, 0.29) is 5.91 Å². The highest BCUT2D eigenvalue weighted by Gasteiger charge is 2.22. The molecule has 20 heavy (non-hydrogen) atoms. The van der Waals surface area contributed by atoms with E-state index in [1.165, 1.54) is 0 Å². The normalized spacial score (nSPS) is 19.2. The van der Waals surface area contributed by atoms with Crippen LogP contribution in [0.1, 0.15) is 16.8 Å². The van der Waals surface area contributed by atoms with Crippen LogP contribution < -0.4 is 5.32 Å². The second kappa shape index (κ2) is 7.62. The van der Waals surface area contributed by atoms with Crippen LogP contribution in [-0.2, 0) is 4.74 Å². The van der Waals surface area contributed by atoms with Crippen LogP contribution in [0.25, 0.3) is 0 Å². The summed E-state index contributed by atoms with van der Waals surface area (Å²) in [5.41, 5.74) is 0.656. The number of halogens is 1. The van der Waals surface area contributed by atoms with Crippen molar-refractivity contribution in [2.45, 2.75) is 6.42 Å². The van der Waals surface area contributed by atoms with Crippen molar-refractivity contribution in [3.63, 3.8) is 0 Å². The number of carbonyl (C=O) groups excluding carboxylic acids is 1. The maximum atomic E-state index is 12.0. The number of benzene rings is 1. The molecule has 1 aliphatic rings. The lowest BCUT2D eigenvalue weighted by atomic mass is 10.1. The summed E-state index contributed by atoms with van der Waals surface area (Å²) in [5, 5.41) is 3.64. The fraction of sp³-hybridized carbons (Fsp3) is 0.533. The molecule has 0 saturated carbocycles. The molecule has 0 aromatic heterocycles. The number of methoxy groups -OCH3 is 1. The first-order chi connectivity index (χ1) is 9.69. The summed E-state index contributed by atoms with van der Waals surface area (Å²) in [6.45, 7) is 4.59. The largest absolute Gasteiger partial charge is 0.383 e. The number of likely N-dealkylation sites (tertiary alicyclic amines) is 1. The second-order valence-electron chi connectivity index (χ2n) is 5.17. The van der Waals surface area contributed by atoms with Crippen molar-refractivity contribution >= 4 is 17.5 Å². The number of ether oxygens (including phenoxy) is 1.